The van der Waals surface area contributed by atoms with Crippen LogP contribution in [0.2, 0.25) is 5.15 Å². The second kappa shape index (κ2) is 3.10. The SMILES string of the molecule is Nc1cc(C(F)F)nc(Cl)c1O. The van der Waals surface area contributed by atoms with Crippen LogP contribution in [0.1, 0.15) is 12.1 Å². The molecule has 0 aliphatic heterocycles. The van der Waals surface area contributed by atoms with E-state index in [1.54, 1.807) is 0 Å². The zero-order valence-electron chi connectivity index (χ0n) is 5.76. The number of hydrogen-bond donors (Lipinski definition) is 2. The smallest absolute Gasteiger partial charge is 0.280 e. The molecule has 0 fully saturated rings. The van der Waals surface area contributed by atoms with E-state index >= 15 is 0 Å². The molecule has 0 radical (unpaired) electrons. The van der Waals surface area contributed by atoms with Gasteiger partial charge in [-0.3, -0.25) is 0 Å². The number of alkyl halides is 2. The van der Waals surface area contributed by atoms with Gasteiger partial charge in [0.15, 0.2) is 10.9 Å². The third kappa shape index (κ3) is 1.55. The molecule has 0 aliphatic carbocycles. The molecule has 0 saturated heterocycles. The highest BCUT2D eigenvalue weighted by Crippen LogP contribution is 2.31. The Balaban J connectivity index is 3.21. The minimum absolute atomic E-state index is 0.203. The van der Waals surface area contributed by atoms with Gasteiger partial charge in [-0.1, -0.05) is 11.6 Å². The average Bonchev–Trinajstić information content (AvgIpc) is 1.99. The summed E-state index contributed by atoms with van der Waals surface area (Å²) in [5.41, 5.74) is 4.40. The zero-order valence-corrected chi connectivity index (χ0v) is 6.52. The van der Waals surface area contributed by atoms with Crippen molar-refractivity contribution in [3.63, 3.8) is 0 Å². The van der Waals surface area contributed by atoms with Crippen LogP contribution >= 0.6 is 11.6 Å². The third-order valence-electron chi connectivity index (χ3n) is 1.22. The Morgan fingerprint density at radius 1 is 1.58 bits per heavy atom. The molecule has 1 rings (SSSR count). The van der Waals surface area contributed by atoms with Crippen molar-refractivity contribution in [1.29, 1.82) is 0 Å². The van der Waals surface area contributed by atoms with Gasteiger partial charge in [-0.05, 0) is 6.07 Å². The summed E-state index contributed by atoms with van der Waals surface area (Å²) in [6.45, 7) is 0. The molecule has 3 N–H and O–H groups in total. The van der Waals surface area contributed by atoms with Gasteiger partial charge in [-0.25, -0.2) is 13.8 Å². The number of rotatable bonds is 1. The monoisotopic (exact) mass is 194 g/mol. The summed E-state index contributed by atoms with van der Waals surface area (Å²) in [6, 6.07) is 0.881. The van der Waals surface area contributed by atoms with Crippen molar-refractivity contribution in [2.45, 2.75) is 6.43 Å². The maximum Gasteiger partial charge on any atom is 0.280 e. The predicted molar refractivity (Wildman–Crippen MR) is 40.3 cm³/mol. The highest BCUT2D eigenvalue weighted by molar-refractivity contribution is 6.31. The molecule has 0 bridgehead atoms. The van der Waals surface area contributed by atoms with Gasteiger partial charge < -0.3 is 10.8 Å². The summed E-state index contributed by atoms with van der Waals surface area (Å²) in [5, 5.41) is 8.54. The zero-order chi connectivity index (χ0) is 9.30. The van der Waals surface area contributed by atoms with E-state index in [1.165, 1.54) is 0 Å². The number of nitrogens with zero attached hydrogens (tertiary/aromatic N) is 1. The highest BCUT2D eigenvalue weighted by Gasteiger charge is 2.14. The maximum absolute atomic E-state index is 12.0. The molecule has 0 atom stereocenters. The van der Waals surface area contributed by atoms with E-state index in [0.717, 1.165) is 6.07 Å². The number of aromatic nitrogens is 1. The number of nitrogen functional groups attached to an aromatic ring is 1. The Morgan fingerprint density at radius 2 is 2.17 bits per heavy atom. The second-order valence-corrected chi connectivity index (χ2v) is 2.43. The highest BCUT2D eigenvalue weighted by atomic mass is 35.5. The van der Waals surface area contributed by atoms with Crippen LogP contribution in [-0.4, -0.2) is 10.1 Å². The Bertz CT molecular complexity index is 283. The minimum Gasteiger partial charge on any atom is -0.503 e. The van der Waals surface area contributed by atoms with E-state index in [-0.39, 0.29) is 5.69 Å². The Kier molecular flexibility index (Phi) is 2.32. The molecule has 1 heterocycles. The molecule has 1 aromatic heterocycles. The first-order valence-corrected chi connectivity index (χ1v) is 3.33. The van der Waals surface area contributed by atoms with Crippen molar-refractivity contribution in [1.82, 2.24) is 4.98 Å². The molecule has 0 saturated carbocycles. The van der Waals surface area contributed by atoms with Gasteiger partial charge in [-0.2, -0.15) is 0 Å². The number of hydrogen-bond acceptors (Lipinski definition) is 3. The summed E-state index contributed by atoms with van der Waals surface area (Å²) in [6.07, 6.45) is -2.74. The molecule has 66 valence electrons. The largest absolute Gasteiger partial charge is 0.503 e. The van der Waals surface area contributed by atoms with Crippen LogP contribution in [0.5, 0.6) is 5.75 Å². The van der Waals surface area contributed by atoms with Crippen LogP contribution in [-0.2, 0) is 0 Å². The van der Waals surface area contributed by atoms with Crippen LogP contribution in [0.3, 0.4) is 0 Å². The first kappa shape index (κ1) is 8.99. The van der Waals surface area contributed by atoms with E-state index in [1.807, 2.05) is 0 Å². The molecule has 0 spiro atoms. The lowest BCUT2D eigenvalue weighted by Gasteiger charge is -2.03. The normalized spacial score (nSPS) is 10.7. The molecule has 12 heavy (non-hydrogen) atoms. The molecule has 3 nitrogen and oxygen atoms in total. The van der Waals surface area contributed by atoms with Crippen molar-refractivity contribution < 1.29 is 13.9 Å². The minimum atomic E-state index is -2.74. The lowest BCUT2D eigenvalue weighted by Crippen LogP contribution is -1.95. The van der Waals surface area contributed by atoms with E-state index in [9.17, 15) is 8.78 Å². The number of pyridine rings is 1. The van der Waals surface area contributed by atoms with Gasteiger partial charge >= 0.3 is 0 Å². The quantitative estimate of drug-likeness (QED) is 0.672. The van der Waals surface area contributed by atoms with E-state index < -0.39 is 23.0 Å². The lowest BCUT2D eigenvalue weighted by atomic mass is 10.3. The fourth-order valence-electron chi connectivity index (χ4n) is 0.657. The van der Waals surface area contributed by atoms with Crippen LogP contribution < -0.4 is 5.73 Å². The number of halogens is 3. The van der Waals surface area contributed by atoms with Crippen molar-refractivity contribution in [2.75, 3.05) is 5.73 Å². The molecule has 0 aliphatic rings. The molecular formula is C6H5ClF2N2O. The number of nitrogens with two attached hydrogens (primary N) is 1. The van der Waals surface area contributed by atoms with Gasteiger partial charge in [0.05, 0.1) is 5.69 Å². The predicted octanol–water partition coefficient (Wildman–Crippen LogP) is 1.96. The van der Waals surface area contributed by atoms with Gasteiger partial charge in [0.2, 0.25) is 0 Å². The van der Waals surface area contributed by atoms with Crippen molar-refractivity contribution in [2.24, 2.45) is 0 Å². The third-order valence-corrected chi connectivity index (χ3v) is 1.49. The summed E-state index contributed by atoms with van der Waals surface area (Å²) in [4.78, 5) is 3.22. The average molecular weight is 195 g/mol. The second-order valence-electron chi connectivity index (χ2n) is 2.08. The van der Waals surface area contributed by atoms with Crippen LogP contribution in [0.15, 0.2) is 6.07 Å². The molecule has 0 aromatic carbocycles. The Hall–Kier alpha value is -1.10. The van der Waals surface area contributed by atoms with E-state index in [4.69, 9.17) is 22.4 Å². The lowest BCUT2D eigenvalue weighted by molar-refractivity contribution is 0.146. The maximum atomic E-state index is 12.0. The van der Waals surface area contributed by atoms with Crippen LogP contribution in [0, 0.1) is 0 Å². The molecule has 1 aromatic rings. The Labute approximate surface area is 71.8 Å². The molecular weight excluding hydrogens is 190 g/mol. The molecule has 6 heteroatoms. The molecule has 0 unspecified atom stereocenters. The Morgan fingerprint density at radius 3 is 2.58 bits per heavy atom. The number of aromatic hydroxyl groups is 1. The van der Waals surface area contributed by atoms with Gasteiger partial charge in [0, 0.05) is 0 Å². The van der Waals surface area contributed by atoms with Gasteiger partial charge in [0.1, 0.15) is 5.69 Å². The van der Waals surface area contributed by atoms with E-state index in [0.29, 0.717) is 0 Å². The number of anilines is 1. The first-order chi connectivity index (χ1) is 5.52. The fraction of sp³-hybridized carbons (Fsp3) is 0.167. The summed E-state index contributed by atoms with van der Waals surface area (Å²) in [5.74, 6) is -0.471. The van der Waals surface area contributed by atoms with Gasteiger partial charge in [-0.15, -0.1) is 0 Å². The van der Waals surface area contributed by atoms with Crippen molar-refractivity contribution in [3.8, 4) is 5.75 Å². The summed E-state index contributed by atoms with van der Waals surface area (Å²) in [7, 11) is 0. The van der Waals surface area contributed by atoms with E-state index in [2.05, 4.69) is 4.98 Å². The fourth-order valence-corrected chi connectivity index (χ4v) is 0.864. The topological polar surface area (TPSA) is 59.1 Å². The summed E-state index contributed by atoms with van der Waals surface area (Å²) < 4.78 is 24.0. The van der Waals surface area contributed by atoms with Crippen LogP contribution in [0.4, 0.5) is 14.5 Å². The standard InChI is InChI=1S/C6H5ClF2N2O/c7-5-4(12)2(10)1-3(11-5)6(8)9/h1,6,12H,(H2,10,11). The first-order valence-electron chi connectivity index (χ1n) is 2.95. The molecule has 0 amide bonds. The summed E-state index contributed by atoms with van der Waals surface area (Å²) >= 11 is 5.29. The van der Waals surface area contributed by atoms with Crippen molar-refractivity contribution >= 4 is 17.3 Å². The van der Waals surface area contributed by atoms with Crippen LogP contribution in [0.25, 0.3) is 0 Å². The van der Waals surface area contributed by atoms with Gasteiger partial charge in [0.25, 0.3) is 6.43 Å². The van der Waals surface area contributed by atoms with Crippen molar-refractivity contribution in [3.05, 3.63) is 16.9 Å².